The highest BCUT2D eigenvalue weighted by molar-refractivity contribution is 6.31. The molecule has 0 aliphatic rings. The van der Waals surface area contributed by atoms with Gasteiger partial charge in [0.05, 0.1) is 10.7 Å². The molecule has 0 spiro atoms. The second-order valence-corrected chi connectivity index (χ2v) is 4.63. The van der Waals surface area contributed by atoms with E-state index in [1.54, 1.807) is 12.3 Å². The number of aromatic nitrogens is 1. The SMILES string of the molecule is CC(C)c1ncc(C(C)(C)F)cc1Cl. The maximum absolute atomic E-state index is 13.5. The van der Waals surface area contributed by atoms with Crippen LogP contribution in [0.4, 0.5) is 4.39 Å². The maximum atomic E-state index is 13.5. The van der Waals surface area contributed by atoms with Crippen LogP contribution >= 0.6 is 11.6 Å². The lowest BCUT2D eigenvalue weighted by Gasteiger charge is -2.16. The molecule has 1 nitrogen and oxygen atoms in total. The second-order valence-electron chi connectivity index (χ2n) is 4.22. The van der Waals surface area contributed by atoms with Gasteiger partial charge in [-0.2, -0.15) is 0 Å². The smallest absolute Gasteiger partial charge is 0.132 e. The van der Waals surface area contributed by atoms with Crippen molar-refractivity contribution in [1.82, 2.24) is 4.98 Å². The average Bonchev–Trinajstić information content (AvgIpc) is 2.01. The van der Waals surface area contributed by atoms with E-state index in [9.17, 15) is 4.39 Å². The van der Waals surface area contributed by atoms with Crippen LogP contribution in [-0.2, 0) is 5.67 Å². The third kappa shape index (κ3) is 2.44. The first-order chi connectivity index (χ1) is 6.32. The second kappa shape index (κ2) is 3.85. The van der Waals surface area contributed by atoms with Crippen molar-refractivity contribution in [1.29, 1.82) is 0 Å². The van der Waals surface area contributed by atoms with Gasteiger partial charge in [-0.05, 0) is 25.8 Å². The predicted octanol–water partition coefficient (Wildman–Crippen LogP) is 4.06. The normalized spacial score (nSPS) is 12.2. The van der Waals surface area contributed by atoms with Crippen LogP contribution in [0.3, 0.4) is 0 Å². The minimum atomic E-state index is -1.38. The summed E-state index contributed by atoms with van der Waals surface area (Å²) >= 11 is 6.00. The van der Waals surface area contributed by atoms with E-state index in [1.165, 1.54) is 13.8 Å². The topological polar surface area (TPSA) is 12.9 Å². The Hall–Kier alpha value is -0.630. The minimum absolute atomic E-state index is 0.263. The van der Waals surface area contributed by atoms with Gasteiger partial charge in [0.15, 0.2) is 0 Å². The van der Waals surface area contributed by atoms with Crippen molar-refractivity contribution < 1.29 is 4.39 Å². The number of nitrogens with zero attached hydrogens (tertiary/aromatic N) is 1. The predicted molar refractivity (Wildman–Crippen MR) is 57.5 cm³/mol. The maximum Gasteiger partial charge on any atom is 0.132 e. The molecule has 3 heteroatoms. The van der Waals surface area contributed by atoms with Crippen molar-refractivity contribution in [2.24, 2.45) is 0 Å². The zero-order valence-corrected chi connectivity index (χ0v) is 9.69. The molecular weight excluding hydrogens is 201 g/mol. The van der Waals surface area contributed by atoms with Crippen molar-refractivity contribution in [3.05, 3.63) is 28.5 Å². The fourth-order valence-corrected chi connectivity index (χ4v) is 1.58. The highest BCUT2D eigenvalue weighted by Crippen LogP contribution is 2.29. The zero-order valence-electron chi connectivity index (χ0n) is 8.94. The van der Waals surface area contributed by atoms with E-state index in [4.69, 9.17) is 11.6 Å². The van der Waals surface area contributed by atoms with E-state index in [0.717, 1.165) is 5.69 Å². The number of halogens is 2. The fraction of sp³-hybridized carbons (Fsp3) is 0.545. The van der Waals surface area contributed by atoms with E-state index in [-0.39, 0.29) is 5.92 Å². The highest BCUT2D eigenvalue weighted by atomic mass is 35.5. The Morgan fingerprint density at radius 3 is 2.36 bits per heavy atom. The molecule has 14 heavy (non-hydrogen) atoms. The standard InChI is InChI=1S/C11H15ClFN/c1-7(2)10-9(12)5-8(6-14-10)11(3,4)13/h5-7H,1-4H3. The third-order valence-corrected chi connectivity index (χ3v) is 2.41. The van der Waals surface area contributed by atoms with E-state index >= 15 is 0 Å². The Morgan fingerprint density at radius 2 is 2.00 bits per heavy atom. The molecule has 0 unspecified atom stereocenters. The molecule has 0 saturated heterocycles. The van der Waals surface area contributed by atoms with Gasteiger partial charge in [-0.25, -0.2) is 4.39 Å². The molecule has 1 rings (SSSR count). The summed E-state index contributed by atoms with van der Waals surface area (Å²) < 4.78 is 13.5. The summed E-state index contributed by atoms with van der Waals surface area (Å²) in [5.74, 6) is 0.263. The first-order valence-corrected chi connectivity index (χ1v) is 5.05. The van der Waals surface area contributed by atoms with E-state index < -0.39 is 5.67 Å². The first-order valence-electron chi connectivity index (χ1n) is 4.67. The molecule has 0 atom stereocenters. The molecule has 0 amide bonds. The summed E-state index contributed by atoms with van der Waals surface area (Å²) in [6.07, 6.45) is 1.56. The zero-order chi connectivity index (χ0) is 10.9. The van der Waals surface area contributed by atoms with Crippen LogP contribution in [0.5, 0.6) is 0 Å². The van der Waals surface area contributed by atoms with Crippen LogP contribution in [0.15, 0.2) is 12.3 Å². The van der Waals surface area contributed by atoms with Crippen molar-refractivity contribution in [2.75, 3.05) is 0 Å². The summed E-state index contributed by atoms with van der Waals surface area (Å²) in [7, 11) is 0. The molecule has 1 aromatic heterocycles. The van der Waals surface area contributed by atoms with Crippen molar-refractivity contribution in [2.45, 2.75) is 39.3 Å². The van der Waals surface area contributed by atoms with Crippen molar-refractivity contribution in [3.8, 4) is 0 Å². The number of hydrogen-bond donors (Lipinski definition) is 0. The molecular formula is C11H15ClFN. The lowest BCUT2D eigenvalue weighted by molar-refractivity contribution is 0.221. The Morgan fingerprint density at radius 1 is 1.43 bits per heavy atom. The molecule has 0 aliphatic heterocycles. The summed E-state index contributed by atoms with van der Waals surface area (Å²) in [6, 6.07) is 1.66. The van der Waals surface area contributed by atoms with Crippen molar-refractivity contribution >= 4 is 11.6 Å². The number of hydrogen-bond acceptors (Lipinski definition) is 1. The molecule has 0 N–H and O–H groups in total. The minimum Gasteiger partial charge on any atom is -0.259 e. The lowest BCUT2D eigenvalue weighted by atomic mass is 10.0. The van der Waals surface area contributed by atoms with Gasteiger partial charge in [0.25, 0.3) is 0 Å². The van der Waals surface area contributed by atoms with Crippen LogP contribution in [0.25, 0.3) is 0 Å². The van der Waals surface area contributed by atoms with Gasteiger partial charge in [-0.3, -0.25) is 4.98 Å². The largest absolute Gasteiger partial charge is 0.259 e. The van der Waals surface area contributed by atoms with E-state index in [1.807, 2.05) is 13.8 Å². The Labute approximate surface area is 89.3 Å². The first kappa shape index (κ1) is 11.4. The molecule has 0 bridgehead atoms. The summed E-state index contributed by atoms with van der Waals surface area (Å²) in [6.45, 7) is 7.01. The summed E-state index contributed by atoms with van der Waals surface area (Å²) in [5, 5.41) is 0.545. The molecule has 0 fully saturated rings. The molecule has 0 aromatic carbocycles. The Kier molecular flexibility index (Phi) is 3.15. The third-order valence-electron chi connectivity index (χ3n) is 2.10. The molecule has 1 aromatic rings. The van der Waals surface area contributed by atoms with Gasteiger partial charge in [0, 0.05) is 11.8 Å². The van der Waals surface area contributed by atoms with E-state index in [2.05, 4.69) is 4.98 Å². The average molecular weight is 216 g/mol. The van der Waals surface area contributed by atoms with Gasteiger partial charge in [-0.1, -0.05) is 25.4 Å². The molecule has 0 radical (unpaired) electrons. The lowest BCUT2D eigenvalue weighted by Crippen LogP contribution is -2.10. The quantitative estimate of drug-likeness (QED) is 0.725. The number of rotatable bonds is 2. The summed E-state index contributed by atoms with van der Waals surface area (Å²) in [5.41, 5.74) is -0.0434. The van der Waals surface area contributed by atoms with Crippen LogP contribution < -0.4 is 0 Å². The Balaban J connectivity index is 3.13. The fourth-order valence-electron chi connectivity index (χ4n) is 1.20. The van der Waals surface area contributed by atoms with Crippen LogP contribution in [0.1, 0.15) is 44.9 Å². The van der Waals surface area contributed by atoms with Gasteiger partial charge in [-0.15, -0.1) is 0 Å². The molecule has 0 saturated carbocycles. The molecule has 78 valence electrons. The van der Waals surface area contributed by atoms with Crippen LogP contribution in [-0.4, -0.2) is 4.98 Å². The summed E-state index contributed by atoms with van der Waals surface area (Å²) in [4.78, 5) is 4.17. The van der Waals surface area contributed by atoms with Gasteiger partial charge in [0.2, 0.25) is 0 Å². The van der Waals surface area contributed by atoms with Crippen LogP contribution in [0.2, 0.25) is 5.02 Å². The number of alkyl halides is 1. The monoisotopic (exact) mass is 215 g/mol. The molecule has 1 heterocycles. The molecule has 0 aliphatic carbocycles. The van der Waals surface area contributed by atoms with Gasteiger partial charge >= 0.3 is 0 Å². The van der Waals surface area contributed by atoms with Crippen LogP contribution in [0, 0.1) is 0 Å². The van der Waals surface area contributed by atoms with E-state index in [0.29, 0.717) is 10.6 Å². The van der Waals surface area contributed by atoms with Gasteiger partial charge in [0.1, 0.15) is 5.67 Å². The number of pyridine rings is 1. The van der Waals surface area contributed by atoms with Crippen molar-refractivity contribution in [3.63, 3.8) is 0 Å². The Bertz CT molecular complexity index is 329. The van der Waals surface area contributed by atoms with Gasteiger partial charge < -0.3 is 0 Å². The highest BCUT2D eigenvalue weighted by Gasteiger charge is 2.20.